The fourth-order valence-electron chi connectivity index (χ4n) is 2.25. The van der Waals surface area contributed by atoms with Gasteiger partial charge in [0.2, 0.25) is 0 Å². The Bertz CT molecular complexity index is 717. The number of hydrogen-bond acceptors (Lipinski definition) is 3. The molecule has 0 bridgehead atoms. The Morgan fingerprint density at radius 1 is 1.00 bits per heavy atom. The summed E-state index contributed by atoms with van der Waals surface area (Å²) in [5.74, 6) is 0.914. The lowest BCUT2D eigenvalue weighted by molar-refractivity contribution is 0.970. The fourth-order valence-corrected chi connectivity index (χ4v) is 2.25. The Balaban J connectivity index is 2.06. The zero-order chi connectivity index (χ0) is 13.8. The van der Waals surface area contributed by atoms with Crippen LogP contribution >= 0.6 is 0 Å². The van der Waals surface area contributed by atoms with Crippen LogP contribution in [0.4, 0.5) is 5.82 Å². The predicted octanol–water partition coefficient (Wildman–Crippen LogP) is 4.12. The Kier molecular flexibility index (Phi) is 3.59. The maximum absolute atomic E-state index is 4.68. The number of anilines is 1. The average Bonchev–Trinajstić information content (AvgIpc) is 2.52. The van der Waals surface area contributed by atoms with Gasteiger partial charge in [-0.05, 0) is 24.6 Å². The zero-order valence-electron chi connectivity index (χ0n) is 11.5. The summed E-state index contributed by atoms with van der Waals surface area (Å²) >= 11 is 0. The molecule has 3 heteroatoms. The second-order valence-electron chi connectivity index (χ2n) is 4.72. The lowest BCUT2D eigenvalue weighted by Crippen LogP contribution is -2.02. The average molecular weight is 263 g/mol. The number of nitrogens with zero attached hydrogens (tertiary/aromatic N) is 2. The van der Waals surface area contributed by atoms with Gasteiger partial charge < -0.3 is 5.32 Å². The Morgan fingerprint density at radius 3 is 2.75 bits per heavy atom. The van der Waals surface area contributed by atoms with Crippen LogP contribution in [0.2, 0.25) is 0 Å². The molecule has 3 rings (SSSR count). The second-order valence-corrected chi connectivity index (χ2v) is 4.72. The molecule has 100 valence electrons. The number of para-hydroxylation sites is 1. The van der Waals surface area contributed by atoms with Crippen molar-refractivity contribution in [1.82, 2.24) is 9.97 Å². The molecule has 2 aromatic heterocycles. The van der Waals surface area contributed by atoms with E-state index in [1.165, 1.54) is 0 Å². The number of rotatable bonds is 4. The van der Waals surface area contributed by atoms with Gasteiger partial charge in [-0.25, -0.2) is 4.98 Å². The third-order valence-corrected chi connectivity index (χ3v) is 3.21. The maximum Gasteiger partial charge on any atom is 0.126 e. The molecule has 0 radical (unpaired) electrons. The first-order valence-electron chi connectivity index (χ1n) is 6.93. The number of benzene rings is 1. The molecule has 0 unspecified atom stereocenters. The molecule has 1 aromatic carbocycles. The molecular weight excluding hydrogens is 246 g/mol. The van der Waals surface area contributed by atoms with Crippen LogP contribution in [0.1, 0.15) is 13.3 Å². The topological polar surface area (TPSA) is 37.8 Å². The molecular formula is C17H17N3. The van der Waals surface area contributed by atoms with Crippen molar-refractivity contribution in [3.05, 3.63) is 54.7 Å². The fraction of sp³-hybridized carbons (Fsp3) is 0.176. The third kappa shape index (κ3) is 2.48. The van der Waals surface area contributed by atoms with Gasteiger partial charge in [0.25, 0.3) is 0 Å². The number of nitrogens with one attached hydrogen (secondary N) is 1. The van der Waals surface area contributed by atoms with Crippen molar-refractivity contribution in [2.75, 3.05) is 11.9 Å². The van der Waals surface area contributed by atoms with Gasteiger partial charge in [-0.3, -0.25) is 4.98 Å². The molecule has 20 heavy (non-hydrogen) atoms. The van der Waals surface area contributed by atoms with E-state index < -0.39 is 0 Å². The molecule has 3 nitrogen and oxygen atoms in total. The van der Waals surface area contributed by atoms with Crippen molar-refractivity contribution in [3.8, 4) is 11.3 Å². The second kappa shape index (κ2) is 5.70. The molecule has 0 saturated carbocycles. The summed E-state index contributed by atoms with van der Waals surface area (Å²) in [5.41, 5.74) is 3.02. The van der Waals surface area contributed by atoms with Gasteiger partial charge in [0.05, 0.1) is 11.2 Å². The van der Waals surface area contributed by atoms with Crippen LogP contribution in [-0.2, 0) is 0 Å². The first-order valence-corrected chi connectivity index (χ1v) is 6.93. The third-order valence-electron chi connectivity index (χ3n) is 3.21. The Labute approximate surface area is 118 Å². The lowest BCUT2D eigenvalue weighted by atomic mass is 10.1. The lowest BCUT2D eigenvalue weighted by Gasteiger charge is -2.08. The highest BCUT2D eigenvalue weighted by Crippen LogP contribution is 2.26. The largest absolute Gasteiger partial charge is 0.370 e. The minimum absolute atomic E-state index is 0.914. The van der Waals surface area contributed by atoms with Gasteiger partial charge >= 0.3 is 0 Å². The number of aromatic nitrogens is 2. The van der Waals surface area contributed by atoms with Crippen molar-refractivity contribution < 1.29 is 0 Å². The summed E-state index contributed by atoms with van der Waals surface area (Å²) in [7, 11) is 0. The van der Waals surface area contributed by atoms with E-state index in [1.807, 2.05) is 36.5 Å². The highest BCUT2D eigenvalue weighted by molar-refractivity contribution is 5.92. The minimum atomic E-state index is 0.914. The Hall–Kier alpha value is -2.42. The van der Waals surface area contributed by atoms with Gasteiger partial charge in [-0.1, -0.05) is 37.3 Å². The van der Waals surface area contributed by atoms with E-state index >= 15 is 0 Å². The molecule has 0 fully saturated rings. The van der Waals surface area contributed by atoms with E-state index in [2.05, 4.69) is 40.4 Å². The van der Waals surface area contributed by atoms with Gasteiger partial charge in [0.15, 0.2) is 0 Å². The van der Waals surface area contributed by atoms with Crippen molar-refractivity contribution in [2.24, 2.45) is 0 Å². The van der Waals surface area contributed by atoms with Crippen molar-refractivity contribution in [1.29, 1.82) is 0 Å². The first kappa shape index (κ1) is 12.6. The van der Waals surface area contributed by atoms with E-state index in [1.54, 1.807) is 0 Å². The molecule has 0 aliphatic carbocycles. The SMILES string of the molecule is CCCNc1cccc(-c2cccc3cccnc23)n1. The zero-order valence-corrected chi connectivity index (χ0v) is 11.5. The molecule has 3 aromatic rings. The molecule has 0 atom stereocenters. The normalized spacial score (nSPS) is 10.7. The summed E-state index contributed by atoms with van der Waals surface area (Å²) in [6.07, 6.45) is 2.91. The van der Waals surface area contributed by atoms with Crippen LogP contribution in [0.3, 0.4) is 0 Å². The summed E-state index contributed by atoms with van der Waals surface area (Å²) in [5, 5.41) is 4.46. The predicted molar refractivity (Wildman–Crippen MR) is 83.8 cm³/mol. The molecule has 0 saturated heterocycles. The summed E-state index contributed by atoms with van der Waals surface area (Å²) in [4.78, 5) is 9.17. The van der Waals surface area contributed by atoms with Gasteiger partial charge in [0.1, 0.15) is 5.82 Å². The summed E-state index contributed by atoms with van der Waals surface area (Å²) in [6.45, 7) is 3.08. The van der Waals surface area contributed by atoms with E-state index in [4.69, 9.17) is 0 Å². The van der Waals surface area contributed by atoms with Crippen LogP contribution in [0.15, 0.2) is 54.7 Å². The minimum Gasteiger partial charge on any atom is -0.370 e. The first-order chi connectivity index (χ1) is 9.88. The van der Waals surface area contributed by atoms with Crippen molar-refractivity contribution >= 4 is 16.7 Å². The molecule has 0 aliphatic rings. The van der Waals surface area contributed by atoms with Crippen LogP contribution in [-0.4, -0.2) is 16.5 Å². The van der Waals surface area contributed by atoms with Gasteiger partial charge in [-0.2, -0.15) is 0 Å². The highest BCUT2D eigenvalue weighted by Gasteiger charge is 2.06. The molecule has 0 aliphatic heterocycles. The van der Waals surface area contributed by atoms with Crippen LogP contribution < -0.4 is 5.32 Å². The molecule has 0 spiro atoms. The number of hydrogen-bond donors (Lipinski definition) is 1. The van der Waals surface area contributed by atoms with Crippen LogP contribution in [0.5, 0.6) is 0 Å². The number of pyridine rings is 2. The highest BCUT2D eigenvalue weighted by atomic mass is 15.0. The van der Waals surface area contributed by atoms with Crippen molar-refractivity contribution in [3.63, 3.8) is 0 Å². The van der Waals surface area contributed by atoms with Crippen LogP contribution in [0, 0.1) is 0 Å². The standard InChI is InChI=1S/C17H17N3/c1-2-11-18-16-10-4-9-15(20-16)14-8-3-6-13-7-5-12-19-17(13)14/h3-10,12H,2,11H2,1H3,(H,18,20). The number of fused-ring (bicyclic) bond motifs is 1. The summed E-state index contributed by atoms with van der Waals surface area (Å²) in [6, 6.07) is 16.3. The molecule has 0 amide bonds. The molecule has 1 N–H and O–H groups in total. The van der Waals surface area contributed by atoms with E-state index in [9.17, 15) is 0 Å². The quantitative estimate of drug-likeness (QED) is 0.769. The maximum atomic E-state index is 4.68. The monoisotopic (exact) mass is 263 g/mol. The smallest absolute Gasteiger partial charge is 0.126 e. The van der Waals surface area contributed by atoms with Gasteiger partial charge in [-0.15, -0.1) is 0 Å². The summed E-state index contributed by atoms with van der Waals surface area (Å²) < 4.78 is 0. The van der Waals surface area contributed by atoms with Crippen LogP contribution in [0.25, 0.3) is 22.2 Å². The van der Waals surface area contributed by atoms with Gasteiger partial charge in [0, 0.05) is 23.7 Å². The Morgan fingerprint density at radius 2 is 1.85 bits per heavy atom. The van der Waals surface area contributed by atoms with E-state index in [0.29, 0.717) is 0 Å². The van der Waals surface area contributed by atoms with Crippen molar-refractivity contribution in [2.45, 2.75) is 13.3 Å². The molecule has 2 heterocycles. The van der Waals surface area contributed by atoms with E-state index in [-0.39, 0.29) is 0 Å². The van der Waals surface area contributed by atoms with E-state index in [0.717, 1.165) is 40.9 Å².